The molecule has 1 aromatic heterocycles. The third kappa shape index (κ3) is 4.80. The minimum Gasteiger partial charge on any atom is -0.391 e. The number of urea groups is 1. The molecular weight excluding hydrogens is 272 g/mol. The highest BCUT2D eigenvalue weighted by molar-refractivity contribution is 7.12. The average Bonchev–Trinajstić information content (AvgIpc) is 2.74. The second-order valence-electron chi connectivity index (χ2n) is 5.40. The van der Waals surface area contributed by atoms with E-state index in [4.69, 9.17) is 0 Å². The molecule has 1 rings (SSSR count). The third-order valence-electron chi connectivity index (χ3n) is 3.67. The minimum absolute atomic E-state index is 0.0271. The predicted molar refractivity (Wildman–Crippen MR) is 84.2 cm³/mol. The van der Waals surface area contributed by atoms with Crippen LogP contribution in [0.15, 0.2) is 6.07 Å². The second-order valence-corrected chi connectivity index (χ2v) is 6.86. The van der Waals surface area contributed by atoms with E-state index in [1.165, 1.54) is 9.75 Å². The molecule has 0 fully saturated rings. The number of nitrogens with one attached hydrogen (secondary N) is 2. The van der Waals surface area contributed by atoms with E-state index in [9.17, 15) is 9.90 Å². The molecule has 0 aliphatic heterocycles. The molecular formula is C15H26N2O2S. The summed E-state index contributed by atoms with van der Waals surface area (Å²) in [5.41, 5.74) is 1.16. The van der Waals surface area contributed by atoms with E-state index in [1.807, 2.05) is 20.8 Å². The third-order valence-corrected chi connectivity index (χ3v) is 4.65. The van der Waals surface area contributed by atoms with E-state index >= 15 is 0 Å². The van der Waals surface area contributed by atoms with Crippen LogP contribution in [0.3, 0.4) is 0 Å². The Morgan fingerprint density at radius 3 is 2.55 bits per heavy atom. The highest BCUT2D eigenvalue weighted by Gasteiger charge is 2.16. The van der Waals surface area contributed by atoms with Crippen molar-refractivity contribution in [3.05, 3.63) is 21.4 Å². The SMILES string of the molecule is CCC(C)C(O)CNC(=O)NC(C)c1cc(C)sc1C. The average molecular weight is 298 g/mol. The number of carbonyl (C=O) groups is 1. The van der Waals surface area contributed by atoms with E-state index in [-0.39, 0.29) is 24.5 Å². The van der Waals surface area contributed by atoms with Gasteiger partial charge in [-0.15, -0.1) is 11.3 Å². The van der Waals surface area contributed by atoms with E-state index in [2.05, 4.69) is 30.5 Å². The highest BCUT2D eigenvalue weighted by Crippen LogP contribution is 2.25. The zero-order valence-electron chi connectivity index (χ0n) is 13.0. The molecule has 20 heavy (non-hydrogen) atoms. The molecule has 0 spiro atoms. The number of aliphatic hydroxyl groups is 1. The molecule has 0 radical (unpaired) electrons. The van der Waals surface area contributed by atoms with Gasteiger partial charge >= 0.3 is 6.03 Å². The van der Waals surface area contributed by atoms with Gasteiger partial charge in [-0.1, -0.05) is 20.3 Å². The molecule has 0 aromatic carbocycles. The van der Waals surface area contributed by atoms with Gasteiger partial charge in [-0.2, -0.15) is 0 Å². The van der Waals surface area contributed by atoms with E-state index in [0.29, 0.717) is 0 Å². The molecule has 114 valence electrons. The van der Waals surface area contributed by atoms with Crippen LogP contribution >= 0.6 is 11.3 Å². The first-order valence-corrected chi connectivity index (χ1v) is 7.96. The summed E-state index contributed by atoms with van der Waals surface area (Å²) in [5, 5.41) is 15.5. The second kappa shape index (κ2) is 7.64. The maximum absolute atomic E-state index is 11.8. The lowest BCUT2D eigenvalue weighted by Crippen LogP contribution is -2.42. The molecule has 5 heteroatoms. The van der Waals surface area contributed by atoms with Crippen LogP contribution < -0.4 is 10.6 Å². The summed E-state index contributed by atoms with van der Waals surface area (Å²) in [6.07, 6.45) is 0.403. The minimum atomic E-state index is -0.494. The van der Waals surface area contributed by atoms with E-state index < -0.39 is 6.10 Å². The Labute approximate surface area is 125 Å². The first-order chi connectivity index (χ1) is 9.35. The number of rotatable bonds is 6. The molecule has 3 atom stereocenters. The van der Waals surface area contributed by atoms with Gasteiger partial charge in [-0.3, -0.25) is 0 Å². The van der Waals surface area contributed by atoms with Crippen molar-refractivity contribution in [3.8, 4) is 0 Å². The van der Waals surface area contributed by atoms with Crippen molar-refractivity contribution in [2.75, 3.05) is 6.54 Å². The molecule has 0 saturated carbocycles. The van der Waals surface area contributed by atoms with Gasteiger partial charge in [0.1, 0.15) is 0 Å². The lowest BCUT2D eigenvalue weighted by molar-refractivity contribution is 0.114. The zero-order chi connectivity index (χ0) is 15.3. The highest BCUT2D eigenvalue weighted by atomic mass is 32.1. The summed E-state index contributed by atoms with van der Waals surface area (Å²) >= 11 is 1.74. The summed E-state index contributed by atoms with van der Waals surface area (Å²) in [6, 6.07) is 1.85. The van der Waals surface area contributed by atoms with Gasteiger partial charge in [-0.25, -0.2) is 4.79 Å². The first-order valence-electron chi connectivity index (χ1n) is 7.14. The Balaban J connectivity index is 2.44. The van der Waals surface area contributed by atoms with Crippen molar-refractivity contribution >= 4 is 17.4 Å². The molecule has 0 bridgehead atoms. The maximum atomic E-state index is 11.8. The standard InChI is InChI=1S/C15H26N2O2S/c1-6-9(2)14(18)8-16-15(19)17-11(4)13-7-10(3)20-12(13)5/h7,9,11,14,18H,6,8H2,1-5H3,(H2,16,17,19). The van der Waals surface area contributed by atoms with Crippen LogP contribution in [-0.4, -0.2) is 23.8 Å². The fourth-order valence-corrected chi connectivity index (χ4v) is 3.10. The fourth-order valence-electron chi connectivity index (χ4n) is 2.08. The molecule has 0 saturated heterocycles. The van der Waals surface area contributed by atoms with Crippen LogP contribution in [-0.2, 0) is 0 Å². The lowest BCUT2D eigenvalue weighted by Gasteiger charge is -2.19. The van der Waals surface area contributed by atoms with Gasteiger partial charge in [0.15, 0.2) is 0 Å². The van der Waals surface area contributed by atoms with Crippen LogP contribution in [0.4, 0.5) is 4.79 Å². The molecule has 3 unspecified atom stereocenters. The quantitative estimate of drug-likeness (QED) is 0.755. The van der Waals surface area contributed by atoms with E-state index in [1.54, 1.807) is 11.3 Å². The first kappa shape index (κ1) is 17.0. The van der Waals surface area contributed by atoms with Crippen LogP contribution in [0, 0.1) is 19.8 Å². The van der Waals surface area contributed by atoms with Crippen molar-refractivity contribution < 1.29 is 9.90 Å². The van der Waals surface area contributed by atoms with Gasteiger partial charge in [0.2, 0.25) is 0 Å². The van der Waals surface area contributed by atoms with Gasteiger partial charge in [0.05, 0.1) is 12.1 Å². The fraction of sp³-hybridized carbons (Fsp3) is 0.667. The smallest absolute Gasteiger partial charge is 0.315 e. The maximum Gasteiger partial charge on any atom is 0.315 e. The number of aryl methyl sites for hydroxylation is 2. The van der Waals surface area contributed by atoms with Gasteiger partial charge < -0.3 is 15.7 Å². The van der Waals surface area contributed by atoms with Crippen LogP contribution in [0.5, 0.6) is 0 Å². The topological polar surface area (TPSA) is 61.4 Å². The number of hydrogen-bond donors (Lipinski definition) is 3. The Morgan fingerprint density at radius 1 is 1.40 bits per heavy atom. The van der Waals surface area contributed by atoms with Gasteiger partial charge in [0.25, 0.3) is 0 Å². The van der Waals surface area contributed by atoms with Crippen molar-refractivity contribution in [3.63, 3.8) is 0 Å². The molecule has 2 amide bonds. The molecule has 0 aliphatic rings. The lowest BCUT2D eigenvalue weighted by atomic mass is 10.0. The summed E-state index contributed by atoms with van der Waals surface area (Å²) < 4.78 is 0. The van der Waals surface area contributed by atoms with Crippen LogP contribution in [0.1, 0.15) is 48.6 Å². The van der Waals surface area contributed by atoms with Crippen molar-refractivity contribution in [1.29, 1.82) is 0 Å². The normalized spacial score (nSPS) is 15.5. The Hall–Kier alpha value is -1.07. The molecule has 1 aromatic rings. The predicted octanol–water partition coefficient (Wildman–Crippen LogP) is 3.13. The summed E-state index contributed by atoms with van der Waals surface area (Å²) in [5.74, 6) is 0.189. The summed E-state index contributed by atoms with van der Waals surface area (Å²) in [7, 11) is 0. The largest absolute Gasteiger partial charge is 0.391 e. The van der Waals surface area contributed by atoms with Crippen LogP contribution in [0.2, 0.25) is 0 Å². The van der Waals surface area contributed by atoms with Gasteiger partial charge in [-0.05, 0) is 38.3 Å². The Morgan fingerprint density at radius 2 is 2.05 bits per heavy atom. The van der Waals surface area contributed by atoms with Crippen molar-refractivity contribution in [2.45, 2.75) is 53.2 Å². The van der Waals surface area contributed by atoms with Crippen molar-refractivity contribution in [2.24, 2.45) is 5.92 Å². The molecule has 4 nitrogen and oxygen atoms in total. The number of hydrogen-bond acceptors (Lipinski definition) is 3. The zero-order valence-corrected chi connectivity index (χ0v) is 13.8. The monoisotopic (exact) mass is 298 g/mol. The Bertz CT molecular complexity index is 445. The number of carbonyl (C=O) groups excluding carboxylic acids is 1. The molecule has 0 aliphatic carbocycles. The van der Waals surface area contributed by atoms with Crippen molar-refractivity contribution in [1.82, 2.24) is 10.6 Å². The summed E-state index contributed by atoms with van der Waals surface area (Å²) in [4.78, 5) is 14.3. The molecule has 3 N–H and O–H groups in total. The number of aliphatic hydroxyl groups excluding tert-OH is 1. The summed E-state index contributed by atoms with van der Waals surface area (Å²) in [6.45, 7) is 10.4. The molecule has 1 heterocycles. The number of amides is 2. The Kier molecular flexibility index (Phi) is 6.49. The van der Waals surface area contributed by atoms with Crippen LogP contribution in [0.25, 0.3) is 0 Å². The van der Waals surface area contributed by atoms with E-state index in [0.717, 1.165) is 12.0 Å². The number of thiophene rings is 1. The van der Waals surface area contributed by atoms with Gasteiger partial charge in [0, 0.05) is 16.3 Å².